The average Bonchev–Trinajstić information content (AvgIpc) is 3.03. The van der Waals surface area contributed by atoms with Crippen LogP contribution in [0.5, 0.6) is 0 Å². The Labute approximate surface area is 122 Å². The Morgan fingerprint density at radius 2 is 2.50 bits per heavy atom. The van der Waals surface area contributed by atoms with Gasteiger partial charge in [-0.05, 0) is 36.8 Å². The first-order chi connectivity index (χ1) is 9.76. The zero-order valence-corrected chi connectivity index (χ0v) is 12.1. The number of hydrogen-bond acceptors (Lipinski definition) is 5. The summed E-state index contributed by atoms with van der Waals surface area (Å²) in [5, 5.41) is 17.8. The fourth-order valence-electron chi connectivity index (χ4n) is 3.13. The van der Waals surface area contributed by atoms with Gasteiger partial charge in [0.2, 0.25) is 5.91 Å². The SMILES string of the molecule is N#Cc1ccsc1NC(=O)CN1C[C@@H]2CCCN[C@@H]2C1. The monoisotopic (exact) mass is 290 g/mol. The van der Waals surface area contributed by atoms with Crippen molar-refractivity contribution in [1.29, 1.82) is 5.26 Å². The second kappa shape index (κ2) is 5.92. The topological polar surface area (TPSA) is 68.2 Å². The van der Waals surface area contributed by atoms with Crippen LogP contribution in [0.2, 0.25) is 0 Å². The van der Waals surface area contributed by atoms with E-state index in [2.05, 4.69) is 21.6 Å². The summed E-state index contributed by atoms with van der Waals surface area (Å²) in [7, 11) is 0. The smallest absolute Gasteiger partial charge is 0.239 e. The molecule has 0 saturated carbocycles. The highest BCUT2D eigenvalue weighted by atomic mass is 32.1. The van der Waals surface area contributed by atoms with Crippen molar-refractivity contribution in [2.75, 3.05) is 31.5 Å². The largest absolute Gasteiger partial charge is 0.315 e. The van der Waals surface area contributed by atoms with Crippen molar-refractivity contribution < 1.29 is 4.79 Å². The van der Waals surface area contributed by atoms with Gasteiger partial charge in [-0.3, -0.25) is 9.69 Å². The second-order valence-corrected chi connectivity index (χ2v) is 6.40. The molecule has 1 amide bonds. The molecule has 0 unspecified atom stereocenters. The number of amides is 1. The zero-order chi connectivity index (χ0) is 13.9. The fraction of sp³-hybridized carbons (Fsp3) is 0.571. The highest BCUT2D eigenvalue weighted by Crippen LogP contribution is 2.25. The van der Waals surface area contributed by atoms with E-state index in [1.54, 1.807) is 6.07 Å². The Hall–Kier alpha value is -1.42. The number of thiophene rings is 1. The van der Waals surface area contributed by atoms with Gasteiger partial charge >= 0.3 is 0 Å². The summed E-state index contributed by atoms with van der Waals surface area (Å²) in [6.07, 6.45) is 2.50. The number of likely N-dealkylation sites (tertiary alicyclic amines) is 1. The van der Waals surface area contributed by atoms with E-state index in [1.807, 2.05) is 5.38 Å². The summed E-state index contributed by atoms with van der Waals surface area (Å²) in [5.74, 6) is 0.663. The highest BCUT2D eigenvalue weighted by molar-refractivity contribution is 7.14. The predicted octanol–water partition coefficient (Wildman–Crippen LogP) is 1.24. The maximum atomic E-state index is 12.1. The van der Waals surface area contributed by atoms with E-state index in [0.29, 0.717) is 29.1 Å². The number of nitrogens with zero attached hydrogens (tertiary/aromatic N) is 2. The maximum Gasteiger partial charge on any atom is 0.239 e. The molecule has 0 bridgehead atoms. The van der Waals surface area contributed by atoms with E-state index in [4.69, 9.17) is 5.26 Å². The lowest BCUT2D eigenvalue weighted by Crippen LogP contribution is -2.41. The third kappa shape index (κ3) is 2.85. The van der Waals surface area contributed by atoms with E-state index in [0.717, 1.165) is 19.6 Å². The van der Waals surface area contributed by atoms with Crippen LogP contribution in [0.25, 0.3) is 0 Å². The minimum atomic E-state index is -0.0254. The molecule has 3 heterocycles. The van der Waals surface area contributed by atoms with Crippen molar-refractivity contribution in [2.45, 2.75) is 18.9 Å². The number of carbonyl (C=O) groups excluding carboxylic acids is 1. The molecule has 3 rings (SSSR count). The fourth-order valence-corrected chi connectivity index (χ4v) is 3.88. The van der Waals surface area contributed by atoms with Crippen LogP contribution in [-0.2, 0) is 4.79 Å². The molecule has 20 heavy (non-hydrogen) atoms. The first kappa shape index (κ1) is 13.6. The number of piperidine rings is 1. The summed E-state index contributed by atoms with van der Waals surface area (Å²) >= 11 is 1.40. The Morgan fingerprint density at radius 3 is 3.30 bits per heavy atom. The van der Waals surface area contributed by atoms with Gasteiger partial charge in [-0.15, -0.1) is 11.3 Å². The minimum Gasteiger partial charge on any atom is -0.315 e. The predicted molar refractivity (Wildman–Crippen MR) is 78.6 cm³/mol. The number of rotatable bonds is 3. The van der Waals surface area contributed by atoms with Crippen molar-refractivity contribution in [3.63, 3.8) is 0 Å². The molecule has 2 aliphatic rings. The van der Waals surface area contributed by atoms with Crippen LogP contribution in [0.1, 0.15) is 18.4 Å². The molecule has 2 saturated heterocycles. The standard InChI is InChI=1S/C14H18N4OS/c15-6-10-3-5-20-14(10)17-13(19)9-18-7-11-2-1-4-16-12(11)8-18/h3,5,11-12,16H,1-2,4,7-9H2,(H,17,19)/t11-,12+/m0/s1. The Kier molecular flexibility index (Phi) is 4.01. The van der Waals surface area contributed by atoms with E-state index in [9.17, 15) is 4.79 Å². The van der Waals surface area contributed by atoms with E-state index < -0.39 is 0 Å². The number of nitriles is 1. The second-order valence-electron chi connectivity index (χ2n) is 5.48. The van der Waals surface area contributed by atoms with Gasteiger partial charge in [-0.2, -0.15) is 5.26 Å². The Morgan fingerprint density at radius 1 is 1.60 bits per heavy atom. The van der Waals surface area contributed by atoms with Gasteiger partial charge in [0, 0.05) is 19.1 Å². The lowest BCUT2D eigenvalue weighted by Gasteiger charge is -2.24. The van der Waals surface area contributed by atoms with Gasteiger partial charge in [0.05, 0.1) is 12.1 Å². The molecule has 2 aliphatic heterocycles. The molecule has 1 aromatic heterocycles. The molecule has 0 radical (unpaired) electrons. The molecule has 2 atom stereocenters. The van der Waals surface area contributed by atoms with E-state index in [-0.39, 0.29) is 5.91 Å². The van der Waals surface area contributed by atoms with Crippen LogP contribution in [0.15, 0.2) is 11.4 Å². The maximum absolute atomic E-state index is 12.1. The molecule has 1 aromatic rings. The molecular formula is C14H18N4OS. The molecule has 6 heteroatoms. The molecule has 0 spiro atoms. The summed E-state index contributed by atoms with van der Waals surface area (Å²) in [6.45, 7) is 3.47. The molecular weight excluding hydrogens is 272 g/mol. The lowest BCUT2D eigenvalue weighted by atomic mass is 9.94. The number of anilines is 1. The van der Waals surface area contributed by atoms with Crippen molar-refractivity contribution in [2.24, 2.45) is 5.92 Å². The lowest BCUT2D eigenvalue weighted by molar-refractivity contribution is -0.117. The van der Waals surface area contributed by atoms with Crippen LogP contribution in [0, 0.1) is 17.2 Å². The third-order valence-corrected chi connectivity index (χ3v) is 4.91. The van der Waals surface area contributed by atoms with Crippen LogP contribution >= 0.6 is 11.3 Å². The van der Waals surface area contributed by atoms with Crippen molar-refractivity contribution in [3.05, 3.63) is 17.0 Å². The number of fused-ring (bicyclic) bond motifs is 1. The van der Waals surface area contributed by atoms with E-state index in [1.165, 1.54) is 24.2 Å². The number of nitrogens with one attached hydrogen (secondary N) is 2. The van der Waals surface area contributed by atoms with Gasteiger partial charge < -0.3 is 10.6 Å². The van der Waals surface area contributed by atoms with Crippen LogP contribution < -0.4 is 10.6 Å². The van der Waals surface area contributed by atoms with Gasteiger partial charge in [-0.1, -0.05) is 0 Å². The van der Waals surface area contributed by atoms with Crippen LogP contribution in [0.3, 0.4) is 0 Å². The third-order valence-electron chi connectivity index (χ3n) is 4.08. The van der Waals surface area contributed by atoms with Gasteiger partial charge in [0.25, 0.3) is 0 Å². The molecule has 2 fully saturated rings. The minimum absolute atomic E-state index is 0.0254. The van der Waals surface area contributed by atoms with Crippen LogP contribution in [0.4, 0.5) is 5.00 Å². The highest BCUT2D eigenvalue weighted by Gasteiger charge is 2.34. The molecule has 0 aliphatic carbocycles. The molecule has 0 aromatic carbocycles. The molecule has 2 N–H and O–H groups in total. The zero-order valence-electron chi connectivity index (χ0n) is 11.3. The average molecular weight is 290 g/mol. The summed E-state index contributed by atoms with van der Waals surface area (Å²) in [6, 6.07) is 4.37. The van der Waals surface area contributed by atoms with E-state index >= 15 is 0 Å². The van der Waals surface area contributed by atoms with Gasteiger partial charge in [-0.25, -0.2) is 0 Å². The summed E-state index contributed by atoms with van der Waals surface area (Å²) in [4.78, 5) is 14.3. The van der Waals surface area contributed by atoms with Gasteiger partial charge in [0.1, 0.15) is 11.1 Å². The number of carbonyl (C=O) groups is 1. The Bertz CT molecular complexity index is 522. The molecule has 5 nitrogen and oxygen atoms in total. The summed E-state index contributed by atoms with van der Waals surface area (Å²) < 4.78 is 0. The first-order valence-corrected chi connectivity index (χ1v) is 7.87. The number of hydrogen-bond donors (Lipinski definition) is 2. The Balaban J connectivity index is 1.54. The van der Waals surface area contributed by atoms with Crippen LogP contribution in [-0.4, -0.2) is 43.0 Å². The van der Waals surface area contributed by atoms with Crippen molar-refractivity contribution in [1.82, 2.24) is 10.2 Å². The molecule has 106 valence electrons. The van der Waals surface area contributed by atoms with Crippen molar-refractivity contribution >= 4 is 22.2 Å². The quantitative estimate of drug-likeness (QED) is 0.879. The normalized spacial score (nSPS) is 25.9. The van der Waals surface area contributed by atoms with Gasteiger partial charge in [0.15, 0.2) is 0 Å². The summed E-state index contributed by atoms with van der Waals surface area (Å²) in [5.41, 5.74) is 0.542. The first-order valence-electron chi connectivity index (χ1n) is 6.99. The van der Waals surface area contributed by atoms with Crippen molar-refractivity contribution in [3.8, 4) is 6.07 Å².